The molecule has 0 amide bonds. The summed E-state index contributed by atoms with van der Waals surface area (Å²) in [6, 6.07) is 2.88. The lowest BCUT2D eigenvalue weighted by Crippen LogP contribution is -2.31. The molecule has 1 aromatic carbocycles. The Morgan fingerprint density at radius 2 is 1.61 bits per heavy atom. The second-order valence-corrected chi connectivity index (χ2v) is 4.21. The number of rotatable bonds is 1. The Morgan fingerprint density at radius 1 is 1.00 bits per heavy atom. The molecule has 6 heteroatoms. The first kappa shape index (κ1) is 15.1. The van der Waals surface area contributed by atoms with Crippen molar-refractivity contribution in [3.05, 3.63) is 29.6 Å². The molecule has 0 saturated carbocycles. The van der Waals surface area contributed by atoms with Crippen LogP contribution in [0.25, 0.3) is 0 Å². The molecule has 0 unspecified atom stereocenters. The summed E-state index contributed by atoms with van der Waals surface area (Å²) < 4.78 is 51.3. The summed E-state index contributed by atoms with van der Waals surface area (Å²) in [6.45, 7) is 1.21. The Hall–Kier alpha value is -0.970. The van der Waals surface area contributed by atoms with Gasteiger partial charge in [0.1, 0.15) is 5.82 Å². The van der Waals surface area contributed by atoms with Crippen molar-refractivity contribution in [2.45, 2.75) is 25.4 Å². The van der Waals surface area contributed by atoms with Gasteiger partial charge in [-0.3, -0.25) is 0 Å². The number of benzene rings is 1. The molecule has 18 heavy (non-hydrogen) atoms. The minimum absolute atomic E-state index is 0. The van der Waals surface area contributed by atoms with Gasteiger partial charge in [0, 0.05) is 18.8 Å². The van der Waals surface area contributed by atoms with Gasteiger partial charge in [-0.05, 0) is 37.5 Å². The van der Waals surface area contributed by atoms with Crippen LogP contribution in [-0.2, 0) is 6.18 Å². The van der Waals surface area contributed by atoms with Crippen molar-refractivity contribution in [2.24, 2.45) is 0 Å². The van der Waals surface area contributed by atoms with Gasteiger partial charge < -0.3 is 4.90 Å². The van der Waals surface area contributed by atoms with E-state index in [9.17, 15) is 17.6 Å². The molecule has 0 spiro atoms. The van der Waals surface area contributed by atoms with E-state index in [1.165, 1.54) is 6.07 Å². The zero-order chi connectivity index (χ0) is 12.5. The molecular formula is C12H14ClF4N. The average Bonchev–Trinajstić information content (AvgIpc) is 2.29. The number of nitrogens with zero attached hydrogens (tertiary/aromatic N) is 1. The summed E-state index contributed by atoms with van der Waals surface area (Å²) >= 11 is 0. The fraction of sp³-hybridized carbons (Fsp3) is 0.500. The van der Waals surface area contributed by atoms with E-state index in [4.69, 9.17) is 0 Å². The standard InChI is InChI=1S/C12H13F4N.ClH/c13-9-4-5-11(10(8-9)12(14,15)16)17-6-2-1-3-7-17;/h4-5,8H,1-3,6-7H2;1H. The molecule has 1 aliphatic rings. The number of alkyl halides is 3. The average molecular weight is 284 g/mol. The summed E-state index contributed by atoms with van der Waals surface area (Å²) in [5.41, 5.74) is -0.780. The first-order valence-electron chi connectivity index (χ1n) is 5.60. The first-order valence-corrected chi connectivity index (χ1v) is 5.60. The first-order chi connectivity index (χ1) is 7.98. The second-order valence-electron chi connectivity index (χ2n) is 4.21. The molecule has 0 aliphatic carbocycles. The van der Waals surface area contributed by atoms with Crippen molar-refractivity contribution in [3.8, 4) is 0 Å². The van der Waals surface area contributed by atoms with Crippen LogP contribution in [0.5, 0.6) is 0 Å². The Labute approximate surface area is 109 Å². The Bertz CT molecular complexity index is 400. The molecule has 1 nitrogen and oxygen atoms in total. The van der Waals surface area contributed by atoms with Gasteiger partial charge in [0.05, 0.1) is 5.56 Å². The van der Waals surface area contributed by atoms with Gasteiger partial charge in [0.25, 0.3) is 0 Å². The molecule has 102 valence electrons. The zero-order valence-corrected chi connectivity index (χ0v) is 10.5. The van der Waals surface area contributed by atoms with E-state index in [2.05, 4.69) is 0 Å². The van der Waals surface area contributed by atoms with E-state index < -0.39 is 17.6 Å². The van der Waals surface area contributed by atoms with E-state index in [-0.39, 0.29) is 18.1 Å². The predicted molar refractivity (Wildman–Crippen MR) is 64.7 cm³/mol. The largest absolute Gasteiger partial charge is 0.418 e. The van der Waals surface area contributed by atoms with Crippen molar-refractivity contribution in [1.29, 1.82) is 0 Å². The summed E-state index contributed by atoms with van der Waals surface area (Å²) in [7, 11) is 0. The van der Waals surface area contributed by atoms with Crippen molar-refractivity contribution in [2.75, 3.05) is 18.0 Å². The zero-order valence-electron chi connectivity index (χ0n) is 9.63. The summed E-state index contributed by atoms with van der Waals surface area (Å²) in [4.78, 5) is 1.69. The van der Waals surface area contributed by atoms with E-state index in [0.717, 1.165) is 25.3 Å². The van der Waals surface area contributed by atoms with Gasteiger partial charge in [-0.2, -0.15) is 13.2 Å². The van der Waals surface area contributed by atoms with Crippen LogP contribution >= 0.6 is 12.4 Å². The van der Waals surface area contributed by atoms with E-state index in [0.29, 0.717) is 19.2 Å². The molecule has 0 radical (unpaired) electrons. The molecule has 1 saturated heterocycles. The highest BCUT2D eigenvalue weighted by molar-refractivity contribution is 5.85. The number of hydrogen-bond acceptors (Lipinski definition) is 1. The molecule has 1 fully saturated rings. The summed E-state index contributed by atoms with van der Waals surface area (Å²) in [6.07, 6.45) is -1.70. The van der Waals surface area contributed by atoms with Crippen molar-refractivity contribution in [1.82, 2.24) is 0 Å². The highest BCUT2D eigenvalue weighted by Gasteiger charge is 2.35. The van der Waals surface area contributed by atoms with Crippen LogP contribution in [0.2, 0.25) is 0 Å². The molecule has 0 N–H and O–H groups in total. The minimum atomic E-state index is -4.51. The summed E-state index contributed by atoms with van der Waals surface area (Å²) in [5.74, 6) is -0.849. The molecule has 0 atom stereocenters. The Morgan fingerprint density at radius 3 is 2.17 bits per heavy atom. The highest BCUT2D eigenvalue weighted by Crippen LogP contribution is 2.37. The van der Waals surface area contributed by atoms with Gasteiger partial charge in [0.2, 0.25) is 0 Å². The van der Waals surface area contributed by atoms with E-state index in [1.54, 1.807) is 4.90 Å². The monoisotopic (exact) mass is 283 g/mol. The molecule has 1 aliphatic heterocycles. The third-order valence-electron chi connectivity index (χ3n) is 2.96. The highest BCUT2D eigenvalue weighted by atomic mass is 35.5. The quantitative estimate of drug-likeness (QED) is 0.696. The lowest BCUT2D eigenvalue weighted by Gasteiger charge is -2.31. The van der Waals surface area contributed by atoms with Gasteiger partial charge in [-0.1, -0.05) is 0 Å². The Balaban J connectivity index is 0.00000162. The number of piperidine rings is 1. The lowest BCUT2D eigenvalue weighted by atomic mass is 10.1. The third-order valence-corrected chi connectivity index (χ3v) is 2.96. The molecule has 1 heterocycles. The minimum Gasteiger partial charge on any atom is -0.371 e. The smallest absolute Gasteiger partial charge is 0.371 e. The van der Waals surface area contributed by atoms with Crippen LogP contribution in [0.4, 0.5) is 23.2 Å². The van der Waals surface area contributed by atoms with Crippen molar-refractivity contribution in [3.63, 3.8) is 0 Å². The molecule has 2 rings (SSSR count). The number of anilines is 1. The van der Waals surface area contributed by atoms with Crippen LogP contribution in [0.15, 0.2) is 18.2 Å². The SMILES string of the molecule is Cl.Fc1ccc(N2CCCCC2)c(C(F)(F)F)c1. The van der Waals surface area contributed by atoms with Crippen LogP contribution in [0.1, 0.15) is 24.8 Å². The fourth-order valence-corrected chi connectivity index (χ4v) is 2.15. The summed E-state index contributed by atoms with van der Waals surface area (Å²) in [5, 5.41) is 0. The molecule has 0 aromatic heterocycles. The predicted octanol–water partition coefficient (Wildman–Crippen LogP) is 4.26. The maximum absolute atomic E-state index is 12.9. The van der Waals surface area contributed by atoms with Gasteiger partial charge in [0.15, 0.2) is 0 Å². The lowest BCUT2D eigenvalue weighted by molar-refractivity contribution is -0.137. The van der Waals surface area contributed by atoms with Gasteiger partial charge >= 0.3 is 6.18 Å². The molecule has 0 bridgehead atoms. The maximum Gasteiger partial charge on any atom is 0.418 e. The number of hydrogen-bond donors (Lipinski definition) is 0. The molecular weight excluding hydrogens is 270 g/mol. The van der Waals surface area contributed by atoms with E-state index in [1.807, 2.05) is 0 Å². The van der Waals surface area contributed by atoms with Gasteiger partial charge in [-0.15, -0.1) is 12.4 Å². The molecule has 1 aromatic rings. The maximum atomic E-state index is 12.9. The van der Waals surface area contributed by atoms with E-state index >= 15 is 0 Å². The van der Waals surface area contributed by atoms with Crippen LogP contribution in [0.3, 0.4) is 0 Å². The van der Waals surface area contributed by atoms with Gasteiger partial charge in [-0.25, -0.2) is 4.39 Å². The second kappa shape index (κ2) is 5.78. The van der Waals surface area contributed by atoms with Crippen LogP contribution in [0, 0.1) is 5.82 Å². The third kappa shape index (κ3) is 3.28. The van der Waals surface area contributed by atoms with Crippen LogP contribution < -0.4 is 4.90 Å². The van der Waals surface area contributed by atoms with Crippen LogP contribution in [-0.4, -0.2) is 13.1 Å². The fourth-order valence-electron chi connectivity index (χ4n) is 2.15. The normalized spacial score (nSPS) is 16.3. The Kier molecular flexibility index (Phi) is 4.85. The van der Waals surface area contributed by atoms with Crippen molar-refractivity contribution >= 4 is 18.1 Å². The van der Waals surface area contributed by atoms with Crippen molar-refractivity contribution < 1.29 is 17.6 Å². The topological polar surface area (TPSA) is 3.24 Å². The number of halogens is 5.